The Morgan fingerprint density at radius 1 is 0.750 bits per heavy atom. The van der Waals surface area contributed by atoms with E-state index >= 15 is 0 Å². The van der Waals surface area contributed by atoms with Crippen molar-refractivity contribution in [1.82, 2.24) is 0 Å². The first kappa shape index (κ1) is 11.6. The molecule has 1 nitrogen and oxygen atoms in total. The number of hydrogen-bond donors (Lipinski definition) is 0. The van der Waals surface area contributed by atoms with Gasteiger partial charge < -0.3 is 4.74 Å². The average Bonchev–Trinajstić information content (AvgIpc) is 2.31. The van der Waals surface area contributed by atoms with Crippen molar-refractivity contribution in [2.75, 3.05) is 0 Å². The van der Waals surface area contributed by atoms with Crippen LogP contribution in [0.5, 0.6) is 11.5 Å². The van der Waals surface area contributed by atoms with E-state index in [2.05, 4.69) is 0 Å². The summed E-state index contributed by atoms with van der Waals surface area (Å²) in [7, 11) is 0. The smallest absolute Gasteiger partial charge is 0.147 e. The van der Waals surface area contributed by atoms with Crippen LogP contribution in [0.25, 0.3) is 0 Å². The standard InChI is InChI=1S/C12H7Cl3O/c13-9-6-7-10(12(15)11(9)14)16-8-4-2-1-3-5-8/h1-7H. The molecule has 0 spiro atoms. The summed E-state index contributed by atoms with van der Waals surface area (Å²) < 4.78 is 5.57. The van der Waals surface area contributed by atoms with E-state index < -0.39 is 0 Å². The summed E-state index contributed by atoms with van der Waals surface area (Å²) in [6.45, 7) is 0. The molecule has 2 aromatic rings. The SMILES string of the molecule is Clc1ccc(Oc2ccccc2)c(Cl)c1Cl. The summed E-state index contributed by atoms with van der Waals surface area (Å²) in [6.07, 6.45) is 0. The molecule has 0 saturated heterocycles. The molecule has 0 heterocycles. The molecule has 4 heteroatoms. The van der Waals surface area contributed by atoms with Gasteiger partial charge in [-0.25, -0.2) is 0 Å². The van der Waals surface area contributed by atoms with Crippen LogP contribution in [0.3, 0.4) is 0 Å². The predicted octanol–water partition coefficient (Wildman–Crippen LogP) is 5.44. The fourth-order valence-corrected chi connectivity index (χ4v) is 1.77. The molecule has 0 saturated carbocycles. The molecule has 0 aliphatic rings. The number of ether oxygens (including phenoxy) is 1. The molecule has 2 aromatic carbocycles. The summed E-state index contributed by atoms with van der Waals surface area (Å²) in [5.74, 6) is 1.19. The number of halogens is 3. The molecule has 0 aliphatic heterocycles. The minimum absolute atomic E-state index is 0.303. The van der Waals surface area contributed by atoms with Gasteiger partial charge in [0.05, 0.1) is 10.0 Å². The topological polar surface area (TPSA) is 9.23 Å². The Morgan fingerprint density at radius 2 is 1.44 bits per heavy atom. The van der Waals surface area contributed by atoms with E-state index in [0.29, 0.717) is 26.6 Å². The molecule has 2 rings (SSSR count). The quantitative estimate of drug-likeness (QED) is 0.662. The van der Waals surface area contributed by atoms with Crippen molar-refractivity contribution in [2.45, 2.75) is 0 Å². The monoisotopic (exact) mass is 272 g/mol. The highest BCUT2D eigenvalue weighted by atomic mass is 35.5. The molecule has 0 fully saturated rings. The van der Waals surface area contributed by atoms with Gasteiger partial charge in [0.2, 0.25) is 0 Å². The minimum Gasteiger partial charge on any atom is -0.456 e. The van der Waals surface area contributed by atoms with Crippen LogP contribution < -0.4 is 4.74 Å². The molecule has 0 aliphatic carbocycles. The van der Waals surface area contributed by atoms with Crippen molar-refractivity contribution >= 4 is 34.8 Å². The third-order valence-electron chi connectivity index (χ3n) is 1.97. The number of benzene rings is 2. The molecule has 0 unspecified atom stereocenters. The van der Waals surface area contributed by atoms with Gasteiger partial charge in [-0.1, -0.05) is 53.0 Å². The van der Waals surface area contributed by atoms with E-state index in [0.717, 1.165) is 0 Å². The van der Waals surface area contributed by atoms with Crippen LogP contribution in [0, 0.1) is 0 Å². The number of para-hydroxylation sites is 1. The largest absolute Gasteiger partial charge is 0.456 e. The van der Waals surface area contributed by atoms with E-state index in [4.69, 9.17) is 39.5 Å². The molecule has 0 N–H and O–H groups in total. The van der Waals surface area contributed by atoms with Gasteiger partial charge >= 0.3 is 0 Å². The molecule has 0 radical (unpaired) electrons. The minimum atomic E-state index is 0.303. The fraction of sp³-hybridized carbons (Fsp3) is 0. The third kappa shape index (κ3) is 2.43. The zero-order chi connectivity index (χ0) is 11.5. The number of hydrogen-bond acceptors (Lipinski definition) is 1. The maximum atomic E-state index is 6.01. The first-order valence-corrected chi connectivity index (χ1v) is 5.68. The van der Waals surface area contributed by atoms with Crippen LogP contribution in [0.1, 0.15) is 0 Å². The fourth-order valence-electron chi connectivity index (χ4n) is 1.20. The van der Waals surface area contributed by atoms with Crippen molar-refractivity contribution in [1.29, 1.82) is 0 Å². The summed E-state index contributed by atoms with van der Waals surface area (Å²) in [6, 6.07) is 12.7. The zero-order valence-electron chi connectivity index (χ0n) is 8.08. The van der Waals surface area contributed by atoms with Crippen molar-refractivity contribution in [2.24, 2.45) is 0 Å². The Hall–Kier alpha value is -0.890. The van der Waals surface area contributed by atoms with Gasteiger partial charge in [0, 0.05) is 0 Å². The Balaban J connectivity index is 2.33. The number of rotatable bonds is 2. The van der Waals surface area contributed by atoms with Crippen LogP contribution >= 0.6 is 34.8 Å². The van der Waals surface area contributed by atoms with Crippen molar-refractivity contribution < 1.29 is 4.74 Å². The molecule has 0 atom stereocenters. The second-order valence-electron chi connectivity index (χ2n) is 3.09. The lowest BCUT2D eigenvalue weighted by atomic mass is 10.3. The molecule has 0 aromatic heterocycles. The highest BCUT2D eigenvalue weighted by Gasteiger charge is 2.10. The van der Waals surface area contributed by atoms with Gasteiger partial charge in [0.25, 0.3) is 0 Å². The summed E-state index contributed by atoms with van der Waals surface area (Å²) in [5, 5.41) is 1.03. The van der Waals surface area contributed by atoms with E-state index in [-0.39, 0.29) is 0 Å². The Labute approximate surface area is 109 Å². The lowest BCUT2D eigenvalue weighted by Gasteiger charge is -2.08. The van der Waals surface area contributed by atoms with Gasteiger partial charge in [0.1, 0.15) is 16.5 Å². The molecule has 82 valence electrons. The zero-order valence-corrected chi connectivity index (χ0v) is 10.4. The van der Waals surface area contributed by atoms with E-state index in [9.17, 15) is 0 Å². The maximum Gasteiger partial charge on any atom is 0.147 e. The van der Waals surface area contributed by atoms with Crippen LogP contribution in [-0.4, -0.2) is 0 Å². The van der Waals surface area contributed by atoms with E-state index in [1.165, 1.54) is 0 Å². The van der Waals surface area contributed by atoms with Crippen LogP contribution in [0.2, 0.25) is 15.1 Å². The van der Waals surface area contributed by atoms with E-state index in [1.807, 2.05) is 30.3 Å². The normalized spacial score (nSPS) is 10.2. The molecule has 16 heavy (non-hydrogen) atoms. The highest BCUT2D eigenvalue weighted by molar-refractivity contribution is 6.48. The van der Waals surface area contributed by atoms with Crippen LogP contribution in [0.15, 0.2) is 42.5 Å². The van der Waals surface area contributed by atoms with Gasteiger partial charge in [-0.3, -0.25) is 0 Å². The van der Waals surface area contributed by atoms with Crippen molar-refractivity contribution in [3.05, 3.63) is 57.5 Å². The lowest BCUT2D eigenvalue weighted by Crippen LogP contribution is -1.85. The highest BCUT2D eigenvalue weighted by Crippen LogP contribution is 2.38. The second-order valence-corrected chi connectivity index (χ2v) is 4.25. The lowest BCUT2D eigenvalue weighted by molar-refractivity contribution is 0.483. The summed E-state index contributed by atoms with van der Waals surface area (Å²) in [4.78, 5) is 0. The van der Waals surface area contributed by atoms with Crippen molar-refractivity contribution in [3.8, 4) is 11.5 Å². The van der Waals surface area contributed by atoms with Crippen molar-refractivity contribution in [3.63, 3.8) is 0 Å². The molecule has 0 amide bonds. The maximum absolute atomic E-state index is 6.01. The summed E-state index contributed by atoms with van der Waals surface area (Å²) in [5.41, 5.74) is 0. The van der Waals surface area contributed by atoms with Gasteiger partial charge in [-0.2, -0.15) is 0 Å². The second kappa shape index (κ2) is 4.96. The van der Waals surface area contributed by atoms with Gasteiger partial charge in [-0.05, 0) is 24.3 Å². The third-order valence-corrected chi connectivity index (χ3v) is 3.25. The molecule has 0 bridgehead atoms. The van der Waals surface area contributed by atoms with Gasteiger partial charge in [-0.15, -0.1) is 0 Å². The molecular weight excluding hydrogens is 266 g/mol. The Morgan fingerprint density at radius 3 is 2.12 bits per heavy atom. The van der Waals surface area contributed by atoms with Crippen LogP contribution in [0.4, 0.5) is 0 Å². The molecular formula is C12H7Cl3O. The Kier molecular flexibility index (Phi) is 3.59. The van der Waals surface area contributed by atoms with E-state index in [1.54, 1.807) is 12.1 Å². The average molecular weight is 274 g/mol. The predicted molar refractivity (Wildman–Crippen MR) is 68.0 cm³/mol. The summed E-state index contributed by atoms with van der Waals surface area (Å²) >= 11 is 17.7. The first-order valence-electron chi connectivity index (χ1n) is 4.55. The van der Waals surface area contributed by atoms with Crippen LogP contribution in [-0.2, 0) is 0 Å². The Bertz CT molecular complexity index is 497. The first-order chi connectivity index (χ1) is 7.68. The van der Waals surface area contributed by atoms with Gasteiger partial charge in [0.15, 0.2) is 0 Å².